The number of aromatic amines is 1. The maximum absolute atomic E-state index is 14.0. The summed E-state index contributed by atoms with van der Waals surface area (Å²) in [6.07, 6.45) is 2.42. The van der Waals surface area contributed by atoms with Crippen LogP contribution in [0.3, 0.4) is 0 Å². The number of anilines is 1. The molecule has 9 nitrogen and oxygen atoms in total. The van der Waals surface area contributed by atoms with E-state index in [1.165, 1.54) is 25.3 Å². The van der Waals surface area contributed by atoms with Gasteiger partial charge in [0, 0.05) is 37.9 Å². The minimum absolute atomic E-state index is 0.0281. The van der Waals surface area contributed by atoms with Crippen molar-refractivity contribution in [1.29, 1.82) is 0 Å². The number of carbonyl (C=O) groups excluding carboxylic acids is 1. The number of nitrogens with two attached hydrogens (primary N) is 1. The Morgan fingerprint density at radius 2 is 1.95 bits per heavy atom. The first kappa shape index (κ1) is 26.4. The predicted octanol–water partition coefficient (Wildman–Crippen LogP) is 2.47. The average Bonchev–Trinajstić information content (AvgIpc) is 2.84. The summed E-state index contributed by atoms with van der Waals surface area (Å²) in [5.41, 5.74) is 7.76. The molecule has 6 N–H and O–H groups in total. The Morgan fingerprint density at radius 3 is 2.65 bits per heavy atom. The number of hydrogen-bond acceptors (Lipinski definition) is 6. The summed E-state index contributed by atoms with van der Waals surface area (Å²) in [6.45, 7) is 4.96. The topological polar surface area (TPSA) is 128 Å². The Balaban J connectivity index is 1.25. The fourth-order valence-electron chi connectivity index (χ4n) is 4.10. The largest absolute Gasteiger partial charge is 0.332 e. The molecule has 1 aliphatic rings. The number of aromatic nitrogens is 2. The van der Waals surface area contributed by atoms with Crippen molar-refractivity contribution >= 4 is 12.0 Å². The third-order valence-electron chi connectivity index (χ3n) is 6.19. The van der Waals surface area contributed by atoms with E-state index in [1.807, 2.05) is 29.2 Å². The number of rotatable bonds is 10. The third-order valence-corrected chi connectivity index (χ3v) is 6.19. The molecule has 2 heterocycles. The lowest BCUT2D eigenvalue weighted by atomic mass is 10.1. The van der Waals surface area contributed by atoms with Crippen molar-refractivity contribution in [2.75, 3.05) is 31.5 Å². The smallest absolute Gasteiger partial charge is 0.321 e. The highest BCUT2D eigenvalue weighted by Gasteiger charge is 2.29. The molecule has 0 saturated carbocycles. The van der Waals surface area contributed by atoms with Gasteiger partial charge in [-0.1, -0.05) is 24.3 Å². The Bertz CT molecular complexity index is 1290. The SMILES string of the molecule is Cc1cc(F)c(CN2CC(NC(=O)Nc3nc(=O)c(-c4ccc(CNCCCN)cc4)c[nH]3)C2)cc1F. The predicted molar refractivity (Wildman–Crippen MR) is 138 cm³/mol. The summed E-state index contributed by atoms with van der Waals surface area (Å²) in [7, 11) is 0. The molecule has 196 valence electrons. The van der Waals surface area contributed by atoms with Crippen LogP contribution < -0.4 is 27.2 Å². The molecule has 1 aliphatic heterocycles. The first-order valence-electron chi connectivity index (χ1n) is 12.2. The molecular weight excluding hydrogens is 480 g/mol. The summed E-state index contributed by atoms with van der Waals surface area (Å²) in [5.74, 6) is -0.861. The van der Waals surface area contributed by atoms with Crippen LogP contribution in [0.5, 0.6) is 0 Å². The highest BCUT2D eigenvalue weighted by atomic mass is 19.1. The zero-order chi connectivity index (χ0) is 26.4. The molecule has 1 saturated heterocycles. The zero-order valence-corrected chi connectivity index (χ0v) is 20.6. The Hall–Kier alpha value is -3.67. The van der Waals surface area contributed by atoms with Gasteiger partial charge >= 0.3 is 6.03 Å². The minimum atomic E-state index is -0.514. The minimum Gasteiger partial charge on any atom is -0.332 e. The Labute approximate surface area is 213 Å². The van der Waals surface area contributed by atoms with Gasteiger partial charge in [-0.3, -0.25) is 15.0 Å². The van der Waals surface area contributed by atoms with Crippen LogP contribution in [0.4, 0.5) is 19.5 Å². The summed E-state index contributed by atoms with van der Waals surface area (Å²) < 4.78 is 27.8. The van der Waals surface area contributed by atoms with E-state index in [2.05, 4.69) is 25.9 Å². The third kappa shape index (κ3) is 6.97. The van der Waals surface area contributed by atoms with Crippen LogP contribution in [0.25, 0.3) is 11.1 Å². The monoisotopic (exact) mass is 511 g/mol. The molecule has 0 atom stereocenters. The number of benzene rings is 2. The standard InChI is InChI=1S/C26H31F2N7O2/c1-16-9-23(28)19(10-22(16)27)13-35-14-20(15-35)32-26(37)34-25-31-12-21(24(36)33-25)18-5-3-17(4-6-18)11-30-8-2-7-29/h3-6,9-10,12,20,30H,2,7-8,11,13-15,29H2,1H3,(H3,31,32,33,34,36,37). The summed E-state index contributed by atoms with van der Waals surface area (Å²) >= 11 is 0. The van der Waals surface area contributed by atoms with E-state index in [1.54, 1.807) is 0 Å². The molecule has 11 heteroatoms. The lowest BCUT2D eigenvalue weighted by Gasteiger charge is -2.39. The van der Waals surface area contributed by atoms with Gasteiger partial charge in [-0.25, -0.2) is 13.6 Å². The fourth-order valence-corrected chi connectivity index (χ4v) is 4.10. The molecule has 0 spiro atoms. The number of aryl methyl sites for hydroxylation is 1. The molecule has 2 aromatic carbocycles. The molecule has 0 bridgehead atoms. The Kier molecular flexibility index (Phi) is 8.59. The van der Waals surface area contributed by atoms with E-state index in [9.17, 15) is 18.4 Å². The second kappa shape index (κ2) is 12.0. The van der Waals surface area contributed by atoms with Crippen molar-refractivity contribution in [3.63, 3.8) is 0 Å². The number of halogens is 2. The van der Waals surface area contributed by atoms with Gasteiger partial charge in [0.05, 0.1) is 11.6 Å². The van der Waals surface area contributed by atoms with Gasteiger partial charge in [0.2, 0.25) is 5.95 Å². The zero-order valence-electron chi connectivity index (χ0n) is 20.6. The number of hydrogen-bond donors (Lipinski definition) is 5. The van der Waals surface area contributed by atoms with Gasteiger partial charge in [-0.2, -0.15) is 4.98 Å². The summed E-state index contributed by atoms with van der Waals surface area (Å²) in [5, 5.41) is 8.61. The number of nitrogens with zero attached hydrogens (tertiary/aromatic N) is 2. The van der Waals surface area contributed by atoms with E-state index in [0.717, 1.165) is 24.1 Å². The van der Waals surface area contributed by atoms with Crippen molar-refractivity contribution in [2.24, 2.45) is 5.73 Å². The molecule has 37 heavy (non-hydrogen) atoms. The Morgan fingerprint density at radius 1 is 1.19 bits per heavy atom. The van der Waals surface area contributed by atoms with Crippen LogP contribution in [-0.4, -0.2) is 53.1 Å². The molecule has 3 aromatic rings. The van der Waals surface area contributed by atoms with Crippen LogP contribution >= 0.6 is 0 Å². The lowest BCUT2D eigenvalue weighted by molar-refractivity contribution is 0.122. The average molecular weight is 512 g/mol. The number of urea groups is 1. The highest BCUT2D eigenvalue weighted by Crippen LogP contribution is 2.19. The van der Waals surface area contributed by atoms with E-state index < -0.39 is 23.2 Å². The molecule has 1 aromatic heterocycles. The van der Waals surface area contributed by atoms with Crippen molar-refractivity contribution in [3.8, 4) is 11.1 Å². The van der Waals surface area contributed by atoms with E-state index in [0.29, 0.717) is 31.7 Å². The number of likely N-dealkylation sites (tertiary alicyclic amines) is 1. The lowest BCUT2D eigenvalue weighted by Crippen LogP contribution is -2.59. The van der Waals surface area contributed by atoms with E-state index in [4.69, 9.17) is 5.73 Å². The molecule has 1 fully saturated rings. The van der Waals surface area contributed by atoms with Crippen molar-refractivity contribution in [1.82, 2.24) is 25.5 Å². The van der Waals surface area contributed by atoms with Gasteiger partial charge in [0.1, 0.15) is 11.6 Å². The molecule has 4 rings (SSSR count). The van der Waals surface area contributed by atoms with Crippen molar-refractivity contribution < 1.29 is 13.6 Å². The molecule has 0 aliphatic carbocycles. The number of nitrogens with one attached hydrogen (secondary N) is 4. The van der Waals surface area contributed by atoms with Crippen LogP contribution in [0, 0.1) is 18.6 Å². The fraction of sp³-hybridized carbons (Fsp3) is 0.346. The van der Waals surface area contributed by atoms with Gasteiger partial charge < -0.3 is 21.4 Å². The van der Waals surface area contributed by atoms with Crippen LogP contribution in [0.2, 0.25) is 0 Å². The van der Waals surface area contributed by atoms with Gasteiger partial charge in [0.15, 0.2) is 0 Å². The van der Waals surface area contributed by atoms with Gasteiger partial charge in [-0.05, 0) is 55.3 Å². The van der Waals surface area contributed by atoms with Crippen LogP contribution in [0.1, 0.15) is 23.1 Å². The first-order chi connectivity index (χ1) is 17.8. The van der Waals surface area contributed by atoms with Gasteiger partial charge in [0.25, 0.3) is 5.56 Å². The maximum Gasteiger partial charge on any atom is 0.321 e. The second-order valence-electron chi connectivity index (χ2n) is 9.17. The maximum atomic E-state index is 14.0. The number of amides is 2. The second-order valence-corrected chi connectivity index (χ2v) is 9.17. The molecule has 0 radical (unpaired) electrons. The normalized spacial score (nSPS) is 13.8. The quantitative estimate of drug-likeness (QED) is 0.266. The van der Waals surface area contributed by atoms with Crippen LogP contribution in [0.15, 0.2) is 47.4 Å². The van der Waals surface area contributed by atoms with E-state index in [-0.39, 0.29) is 29.7 Å². The highest BCUT2D eigenvalue weighted by molar-refractivity contribution is 5.87. The van der Waals surface area contributed by atoms with Gasteiger partial charge in [-0.15, -0.1) is 0 Å². The number of carbonyl (C=O) groups is 1. The molecular formula is C26H31F2N7O2. The summed E-state index contributed by atoms with van der Waals surface area (Å²) in [6, 6.07) is 9.31. The van der Waals surface area contributed by atoms with Crippen molar-refractivity contribution in [2.45, 2.75) is 32.5 Å². The van der Waals surface area contributed by atoms with Crippen LogP contribution in [-0.2, 0) is 13.1 Å². The summed E-state index contributed by atoms with van der Waals surface area (Å²) in [4.78, 5) is 33.5. The number of H-pyrrole nitrogens is 1. The molecule has 2 amide bonds. The van der Waals surface area contributed by atoms with Crippen molar-refractivity contribution in [3.05, 3.63) is 81.3 Å². The van der Waals surface area contributed by atoms with E-state index >= 15 is 0 Å². The first-order valence-corrected chi connectivity index (χ1v) is 12.2. The molecule has 0 unspecified atom stereocenters.